The molecular weight excluding hydrogens is 410 g/mol. The minimum Gasteiger partial charge on any atom is -0.352 e. The SMILES string of the molecule is Cc1cnccc1-c1c(-c2cc(F)cc(F)c2)nc2ccc(N3CCNC(C)(C)C3)nn12. The molecule has 1 saturated heterocycles. The number of nitrogens with one attached hydrogen (secondary N) is 1. The smallest absolute Gasteiger partial charge is 0.155 e. The monoisotopic (exact) mass is 434 g/mol. The van der Waals surface area contributed by atoms with Crippen LogP contribution in [0.1, 0.15) is 19.4 Å². The predicted octanol–water partition coefficient (Wildman–Crippen LogP) is 4.23. The lowest BCUT2D eigenvalue weighted by Crippen LogP contribution is -2.57. The van der Waals surface area contributed by atoms with Crippen LogP contribution >= 0.6 is 0 Å². The molecular formula is C24H24F2N6. The highest BCUT2D eigenvalue weighted by Crippen LogP contribution is 2.35. The van der Waals surface area contributed by atoms with Gasteiger partial charge in [0.05, 0.1) is 5.69 Å². The van der Waals surface area contributed by atoms with Crippen molar-refractivity contribution in [3.8, 4) is 22.5 Å². The summed E-state index contributed by atoms with van der Waals surface area (Å²) in [5, 5.41) is 8.43. The quantitative estimate of drug-likeness (QED) is 0.523. The molecule has 0 spiro atoms. The highest BCUT2D eigenvalue weighted by molar-refractivity contribution is 5.83. The summed E-state index contributed by atoms with van der Waals surface area (Å²) in [5.41, 5.74) is 3.88. The van der Waals surface area contributed by atoms with Gasteiger partial charge in [-0.25, -0.2) is 18.3 Å². The molecule has 1 fully saturated rings. The number of hydrogen-bond donors (Lipinski definition) is 1. The van der Waals surface area contributed by atoms with E-state index < -0.39 is 11.6 Å². The van der Waals surface area contributed by atoms with E-state index in [1.54, 1.807) is 16.9 Å². The van der Waals surface area contributed by atoms with Crippen LogP contribution in [0.5, 0.6) is 0 Å². The van der Waals surface area contributed by atoms with Crippen LogP contribution in [0.25, 0.3) is 28.2 Å². The van der Waals surface area contributed by atoms with E-state index in [9.17, 15) is 8.78 Å². The van der Waals surface area contributed by atoms with Crippen LogP contribution < -0.4 is 10.2 Å². The third-order valence-corrected chi connectivity index (χ3v) is 5.77. The molecule has 0 radical (unpaired) electrons. The Balaban J connectivity index is 1.74. The van der Waals surface area contributed by atoms with Crippen molar-refractivity contribution >= 4 is 11.5 Å². The van der Waals surface area contributed by atoms with E-state index >= 15 is 0 Å². The maximum Gasteiger partial charge on any atom is 0.155 e. The average molecular weight is 434 g/mol. The molecule has 164 valence electrons. The Morgan fingerprint density at radius 3 is 2.56 bits per heavy atom. The number of piperazine rings is 1. The molecule has 0 saturated carbocycles. The van der Waals surface area contributed by atoms with Crippen molar-refractivity contribution in [3.63, 3.8) is 0 Å². The summed E-state index contributed by atoms with van der Waals surface area (Å²) in [7, 11) is 0. The lowest BCUT2D eigenvalue weighted by atomic mass is 10.0. The van der Waals surface area contributed by atoms with Gasteiger partial charge >= 0.3 is 0 Å². The molecule has 0 unspecified atom stereocenters. The second kappa shape index (κ2) is 7.63. The second-order valence-electron chi connectivity index (χ2n) is 8.85. The molecule has 6 nitrogen and oxygen atoms in total. The van der Waals surface area contributed by atoms with E-state index in [2.05, 4.69) is 29.0 Å². The van der Waals surface area contributed by atoms with E-state index in [0.717, 1.165) is 42.6 Å². The summed E-state index contributed by atoms with van der Waals surface area (Å²) in [6, 6.07) is 9.17. The number of imidazole rings is 1. The molecule has 0 aliphatic carbocycles. The number of fused-ring (bicyclic) bond motifs is 1. The van der Waals surface area contributed by atoms with E-state index in [0.29, 0.717) is 22.6 Å². The van der Waals surface area contributed by atoms with Crippen molar-refractivity contribution in [1.82, 2.24) is 24.9 Å². The molecule has 1 aliphatic rings. The zero-order chi connectivity index (χ0) is 22.5. The lowest BCUT2D eigenvalue weighted by Gasteiger charge is -2.39. The molecule has 4 aromatic rings. The number of aryl methyl sites for hydroxylation is 1. The molecule has 5 rings (SSSR count). The Kier molecular flexibility index (Phi) is 4.89. The molecule has 32 heavy (non-hydrogen) atoms. The van der Waals surface area contributed by atoms with Crippen LogP contribution in [0.2, 0.25) is 0 Å². The molecule has 0 atom stereocenters. The van der Waals surface area contributed by atoms with Gasteiger partial charge in [-0.05, 0) is 56.7 Å². The lowest BCUT2D eigenvalue weighted by molar-refractivity contribution is 0.351. The van der Waals surface area contributed by atoms with Gasteiger partial charge in [0.2, 0.25) is 0 Å². The highest BCUT2D eigenvalue weighted by Gasteiger charge is 2.27. The molecule has 1 N–H and O–H groups in total. The first-order chi connectivity index (χ1) is 15.3. The van der Waals surface area contributed by atoms with Crippen molar-refractivity contribution in [1.29, 1.82) is 0 Å². The van der Waals surface area contributed by atoms with Gasteiger partial charge in [-0.3, -0.25) is 4.98 Å². The standard InChI is InChI=1S/C24H24F2N6/c1-15-13-27-7-6-19(15)23-22(16-10-17(25)12-18(26)11-16)29-20-4-5-21(30-32(20)23)31-9-8-28-24(2,3)14-31/h4-7,10-13,28H,8-9,14H2,1-3H3. The normalized spacial score (nSPS) is 16.0. The number of halogens is 2. The summed E-state index contributed by atoms with van der Waals surface area (Å²) in [6.07, 6.45) is 3.45. The zero-order valence-electron chi connectivity index (χ0n) is 18.2. The van der Waals surface area contributed by atoms with Crippen LogP contribution in [0, 0.1) is 18.6 Å². The summed E-state index contributed by atoms with van der Waals surface area (Å²) < 4.78 is 29.9. The second-order valence-corrected chi connectivity index (χ2v) is 8.85. The average Bonchev–Trinajstić information content (AvgIpc) is 3.11. The Labute approximate surface area is 184 Å². The van der Waals surface area contributed by atoms with Crippen LogP contribution in [-0.2, 0) is 0 Å². The Bertz CT molecular complexity index is 1290. The molecule has 4 heterocycles. The van der Waals surface area contributed by atoms with Gasteiger partial charge in [-0.1, -0.05) is 0 Å². The third kappa shape index (κ3) is 3.71. The number of rotatable bonds is 3. The Morgan fingerprint density at radius 2 is 1.84 bits per heavy atom. The van der Waals surface area contributed by atoms with Crippen molar-refractivity contribution in [2.24, 2.45) is 0 Å². The summed E-state index contributed by atoms with van der Waals surface area (Å²) in [5.74, 6) is -0.466. The topological polar surface area (TPSA) is 58.4 Å². The first-order valence-corrected chi connectivity index (χ1v) is 10.6. The summed E-state index contributed by atoms with van der Waals surface area (Å²) in [4.78, 5) is 11.1. The molecule has 8 heteroatoms. The third-order valence-electron chi connectivity index (χ3n) is 5.77. The molecule has 0 bridgehead atoms. The van der Waals surface area contributed by atoms with Gasteiger partial charge in [0.25, 0.3) is 0 Å². The van der Waals surface area contributed by atoms with E-state index in [1.807, 2.05) is 25.1 Å². The molecule has 1 aliphatic heterocycles. The predicted molar refractivity (Wildman–Crippen MR) is 121 cm³/mol. The molecule has 0 amide bonds. The minimum atomic E-state index is -0.647. The first-order valence-electron chi connectivity index (χ1n) is 10.6. The van der Waals surface area contributed by atoms with E-state index in [-0.39, 0.29) is 5.54 Å². The number of benzene rings is 1. The van der Waals surface area contributed by atoms with Gasteiger partial charge in [0.1, 0.15) is 23.1 Å². The molecule has 3 aromatic heterocycles. The van der Waals surface area contributed by atoms with Crippen molar-refractivity contribution in [3.05, 3.63) is 66.0 Å². The number of nitrogens with zero attached hydrogens (tertiary/aromatic N) is 5. The van der Waals surface area contributed by atoms with Crippen LogP contribution in [0.15, 0.2) is 48.8 Å². The highest BCUT2D eigenvalue weighted by atomic mass is 19.1. The molecule has 1 aromatic carbocycles. The van der Waals surface area contributed by atoms with Crippen molar-refractivity contribution in [2.45, 2.75) is 26.3 Å². The van der Waals surface area contributed by atoms with Gasteiger partial charge in [-0.2, -0.15) is 0 Å². The van der Waals surface area contributed by atoms with Gasteiger partial charge in [0, 0.05) is 54.8 Å². The number of pyridine rings is 1. The van der Waals surface area contributed by atoms with E-state index in [1.165, 1.54) is 12.1 Å². The van der Waals surface area contributed by atoms with Crippen molar-refractivity contribution in [2.75, 3.05) is 24.5 Å². The summed E-state index contributed by atoms with van der Waals surface area (Å²) >= 11 is 0. The van der Waals surface area contributed by atoms with Gasteiger partial charge in [-0.15, -0.1) is 5.10 Å². The van der Waals surface area contributed by atoms with Gasteiger partial charge in [0.15, 0.2) is 5.65 Å². The van der Waals surface area contributed by atoms with Gasteiger partial charge < -0.3 is 10.2 Å². The van der Waals surface area contributed by atoms with E-state index in [4.69, 9.17) is 10.1 Å². The maximum atomic E-state index is 14.0. The van der Waals surface area contributed by atoms with Crippen LogP contribution in [0.4, 0.5) is 14.6 Å². The van der Waals surface area contributed by atoms with Crippen molar-refractivity contribution < 1.29 is 8.78 Å². The van der Waals surface area contributed by atoms with Crippen LogP contribution in [0.3, 0.4) is 0 Å². The fourth-order valence-electron chi connectivity index (χ4n) is 4.30. The summed E-state index contributed by atoms with van der Waals surface area (Å²) in [6.45, 7) is 8.78. The Morgan fingerprint density at radius 1 is 1.06 bits per heavy atom. The number of aromatic nitrogens is 4. The largest absolute Gasteiger partial charge is 0.352 e. The zero-order valence-corrected chi connectivity index (χ0v) is 18.2. The fraction of sp³-hybridized carbons (Fsp3) is 0.292. The fourth-order valence-corrected chi connectivity index (χ4v) is 4.30. The number of hydrogen-bond acceptors (Lipinski definition) is 5. The Hall–Kier alpha value is -3.39. The minimum absolute atomic E-state index is 0.0292. The maximum absolute atomic E-state index is 14.0. The first kappa shape index (κ1) is 20.5. The number of anilines is 1. The van der Waals surface area contributed by atoms with Crippen LogP contribution in [-0.4, -0.2) is 44.8 Å².